The summed E-state index contributed by atoms with van der Waals surface area (Å²) >= 11 is 0. The molecule has 0 aliphatic heterocycles. The summed E-state index contributed by atoms with van der Waals surface area (Å²) in [6.45, 7) is 9.04. The second kappa shape index (κ2) is 17.5. The second-order valence-corrected chi connectivity index (χ2v) is 17.9. The van der Waals surface area contributed by atoms with E-state index in [0.717, 1.165) is 83.1 Å². The van der Waals surface area contributed by atoms with Crippen LogP contribution in [-0.4, -0.2) is 18.9 Å². The summed E-state index contributed by atoms with van der Waals surface area (Å²) in [5.41, 5.74) is 12.7. The van der Waals surface area contributed by atoms with Gasteiger partial charge in [0.05, 0.1) is 39.3 Å². The Morgan fingerprint density at radius 3 is 1.68 bits per heavy atom. The normalized spacial score (nSPS) is 11.7. The molecule has 0 saturated heterocycles. The number of nitrogens with zero attached hydrogens (tertiary/aromatic N) is 4. The quantitative estimate of drug-likeness (QED) is 0.161. The van der Waals surface area contributed by atoms with Crippen LogP contribution in [0.15, 0.2) is 199 Å². The number of aromatic nitrogens is 4. The maximum Gasteiger partial charge on any atom is 0.120 e. The minimum atomic E-state index is 0. The maximum atomic E-state index is 6.48. The Morgan fingerprint density at radius 2 is 0.985 bits per heavy atom. The molecule has 0 aliphatic rings. The Kier molecular flexibility index (Phi) is 11.1. The third kappa shape index (κ3) is 7.02. The van der Waals surface area contributed by atoms with Gasteiger partial charge in [-0.15, -0.1) is 54.1 Å². The average molecular weight is 1060 g/mol. The number of imidazole rings is 2. The molecule has 5 nitrogen and oxygen atoms in total. The molecule has 13 rings (SSSR count). The van der Waals surface area contributed by atoms with Crippen molar-refractivity contribution in [3.63, 3.8) is 0 Å². The van der Waals surface area contributed by atoms with Crippen molar-refractivity contribution < 1.29 is 24.5 Å². The van der Waals surface area contributed by atoms with Crippen LogP contribution in [0.5, 0.6) is 0 Å². The summed E-state index contributed by atoms with van der Waals surface area (Å²) in [6, 6.07) is 74.8. The van der Waals surface area contributed by atoms with E-state index < -0.39 is 0 Å². The molecule has 9 aromatic carbocycles. The van der Waals surface area contributed by atoms with E-state index >= 15 is 0 Å². The first-order valence-electron chi connectivity index (χ1n) is 23.1. The van der Waals surface area contributed by atoms with Crippen molar-refractivity contribution in [2.45, 2.75) is 39.5 Å². The van der Waals surface area contributed by atoms with Crippen molar-refractivity contribution >= 4 is 81.8 Å². The number of hydrogen-bond acceptors (Lipinski definition) is 3. The van der Waals surface area contributed by atoms with Crippen LogP contribution >= 0.6 is 0 Å². The van der Waals surface area contributed by atoms with Gasteiger partial charge in [0.2, 0.25) is 0 Å². The van der Waals surface area contributed by atoms with Crippen LogP contribution in [0.2, 0.25) is 0 Å². The van der Waals surface area contributed by atoms with Crippen LogP contribution in [0.1, 0.15) is 50.7 Å². The van der Waals surface area contributed by atoms with E-state index in [1.165, 1.54) is 38.4 Å². The van der Waals surface area contributed by atoms with Gasteiger partial charge < -0.3 is 13.4 Å². The molecule has 0 bridgehead atoms. The molecule has 0 N–H and O–H groups in total. The van der Waals surface area contributed by atoms with Gasteiger partial charge in [0, 0.05) is 47.5 Å². The van der Waals surface area contributed by atoms with Crippen LogP contribution in [0, 0.1) is 12.1 Å². The molecule has 0 unspecified atom stereocenters. The zero-order valence-corrected chi connectivity index (χ0v) is 40.6. The minimum Gasteiger partial charge on any atom is -0.501 e. The molecule has 6 heteroatoms. The van der Waals surface area contributed by atoms with Gasteiger partial charge >= 0.3 is 0 Å². The number of fused-ring (bicyclic) bond motifs is 11. The van der Waals surface area contributed by atoms with Crippen molar-refractivity contribution in [3.8, 4) is 28.5 Å². The first kappa shape index (κ1) is 43.0. The van der Waals surface area contributed by atoms with E-state index in [9.17, 15) is 0 Å². The average Bonchev–Trinajstić information content (AvgIpc) is 4.09. The van der Waals surface area contributed by atoms with Crippen LogP contribution in [0.3, 0.4) is 0 Å². The van der Waals surface area contributed by atoms with Gasteiger partial charge in [-0.3, -0.25) is 9.97 Å². The third-order valence-electron chi connectivity index (χ3n) is 13.2. The fraction of sp³-hybridized carbons (Fsp3) is 0.0968. The van der Waals surface area contributed by atoms with E-state index in [0.29, 0.717) is 11.8 Å². The van der Waals surface area contributed by atoms with Gasteiger partial charge in [-0.05, 0) is 74.8 Å². The van der Waals surface area contributed by atoms with E-state index in [4.69, 9.17) is 14.4 Å². The molecule has 0 saturated carbocycles. The van der Waals surface area contributed by atoms with Gasteiger partial charge in [-0.2, -0.15) is 0 Å². The van der Waals surface area contributed by atoms with E-state index in [1.54, 1.807) is 0 Å². The molecular weight excluding hydrogens is 1010 g/mol. The number of para-hydroxylation sites is 6. The van der Waals surface area contributed by atoms with Gasteiger partial charge in [0.25, 0.3) is 0 Å². The van der Waals surface area contributed by atoms with Crippen molar-refractivity contribution in [2.24, 2.45) is 0 Å². The Hall–Kier alpha value is -7.63. The smallest absolute Gasteiger partial charge is 0.120 e. The Balaban J connectivity index is 0.000000159. The second-order valence-electron chi connectivity index (χ2n) is 17.9. The first-order valence-corrected chi connectivity index (χ1v) is 23.1. The predicted molar refractivity (Wildman–Crippen MR) is 279 cm³/mol. The number of furan rings is 1. The third-order valence-corrected chi connectivity index (χ3v) is 13.2. The SMILES string of the molecule is CC(C)c1cccc(C(C)C)c1-n1c(-c2[c-]cccc2)nc2ccccc21.[Ir].[c-]1ccc2c(oc3ccccc32)c1-c1nc2cccc3c4ccccc4c4ccccc4c4ccccc4n1c23. The van der Waals surface area contributed by atoms with Gasteiger partial charge in [-0.1, -0.05) is 166 Å². The van der Waals surface area contributed by atoms with E-state index in [1.807, 2.05) is 36.4 Å². The summed E-state index contributed by atoms with van der Waals surface area (Å²) in [6.07, 6.45) is 0. The summed E-state index contributed by atoms with van der Waals surface area (Å²) < 4.78 is 11.1. The molecular formula is C62H46IrN4O-2. The summed E-state index contributed by atoms with van der Waals surface area (Å²) in [5, 5.41) is 9.27. The Labute approximate surface area is 408 Å². The zero-order chi connectivity index (χ0) is 45.2. The van der Waals surface area contributed by atoms with Crippen LogP contribution < -0.4 is 0 Å². The molecule has 4 aromatic heterocycles. The molecule has 68 heavy (non-hydrogen) atoms. The topological polar surface area (TPSA) is 48.3 Å². The molecule has 13 aromatic rings. The molecule has 1 radical (unpaired) electrons. The summed E-state index contributed by atoms with van der Waals surface area (Å²) in [7, 11) is 0. The largest absolute Gasteiger partial charge is 0.501 e. The van der Waals surface area contributed by atoms with Crippen LogP contribution in [0.4, 0.5) is 0 Å². The number of rotatable bonds is 5. The predicted octanol–water partition coefficient (Wildman–Crippen LogP) is 16.6. The molecule has 0 fully saturated rings. The van der Waals surface area contributed by atoms with Crippen molar-refractivity contribution in [2.75, 3.05) is 0 Å². The number of hydrogen-bond donors (Lipinski definition) is 0. The van der Waals surface area contributed by atoms with E-state index in [-0.39, 0.29) is 20.1 Å². The monoisotopic (exact) mass is 1060 g/mol. The van der Waals surface area contributed by atoms with E-state index in [2.05, 4.69) is 207 Å². The molecule has 0 amide bonds. The Morgan fingerprint density at radius 1 is 0.441 bits per heavy atom. The maximum absolute atomic E-state index is 6.48. The molecule has 0 spiro atoms. The Bertz CT molecular complexity index is 4040. The van der Waals surface area contributed by atoms with Gasteiger partial charge in [-0.25, -0.2) is 0 Å². The fourth-order valence-electron chi connectivity index (χ4n) is 10.1. The fourth-order valence-corrected chi connectivity index (χ4v) is 10.1. The summed E-state index contributed by atoms with van der Waals surface area (Å²) in [4.78, 5) is 10.3. The van der Waals surface area contributed by atoms with Crippen LogP contribution in [0.25, 0.3) is 110 Å². The zero-order valence-electron chi connectivity index (χ0n) is 38.2. The number of benzene rings is 9. The van der Waals surface area contributed by atoms with Crippen molar-refractivity contribution in [1.29, 1.82) is 0 Å². The van der Waals surface area contributed by atoms with Crippen molar-refractivity contribution in [1.82, 2.24) is 18.9 Å². The van der Waals surface area contributed by atoms with Gasteiger partial charge in [0.15, 0.2) is 0 Å². The molecule has 0 atom stereocenters. The van der Waals surface area contributed by atoms with Gasteiger partial charge in [0.1, 0.15) is 5.58 Å². The molecule has 4 heterocycles. The minimum absolute atomic E-state index is 0. The molecule has 0 aliphatic carbocycles. The molecule has 331 valence electrons. The van der Waals surface area contributed by atoms with Crippen LogP contribution in [-0.2, 0) is 20.1 Å². The summed E-state index contributed by atoms with van der Waals surface area (Å²) in [5.74, 6) is 2.61. The first-order chi connectivity index (χ1) is 32.9. The standard InChI is InChI=1S/C37H21N2O.C25H25N2.Ir/c1-3-13-25-23(11-1)24-12-2-4-14-26(24)29-17-10-20-32-35(29)39(33-21-7-5-15-27(25)33)37(38-32)31-19-9-18-30-28-16-6-8-22-34(28)40-36(30)31;1-17(2)20-13-10-14-21(18(3)4)24(20)27-23-16-9-8-15-22(23)26-25(27)19-11-6-5-7-12-19;/h1-18,20-22H;5-11,13-18H,1-4H3;/q2*-1;. The van der Waals surface area contributed by atoms with Crippen molar-refractivity contribution in [3.05, 3.63) is 217 Å².